The maximum atomic E-state index is 12.6. The van der Waals surface area contributed by atoms with Gasteiger partial charge in [0.2, 0.25) is 5.91 Å². The molecular formula is C19H29N7O3. The molecule has 0 aromatic heterocycles. The van der Waals surface area contributed by atoms with Crippen molar-refractivity contribution >= 4 is 29.9 Å². The van der Waals surface area contributed by atoms with Crippen LogP contribution in [0.1, 0.15) is 42.6 Å². The molecule has 2 unspecified atom stereocenters. The zero-order valence-corrected chi connectivity index (χ0v) is 16.6. The summed E-state index contributed by atoms with van der Waals surface area (Å²) in [5.74, 6) is -1.23. The van der Waals surface area contributed by atoms with Crippen LogP contribution in [0.15, 0.2) is 29.3 Å². The van der Waals surface area contributed by atoms with Crippen molar-refractivity contribution < 1.29 is 14.4 Å². The Morgan fingerprint density at radius 3 is 2.17 bits per heavy atom. The van der Waals surface area contributed by atoms with Gasteiger partial charge in [0.15, 0.2) is 5.96 Å². The summed E-state index contributed by atoms with van der Waals surface area (Å²) >= 11 is 0. The van der Waals surface area contributed by atoms with Gasteiger partial charge in [-0.05, 0) is 30.9 Å². The minimum absolute atomic E-state index is 0.0318. The predicted octanol–water partition coefficient (Wildman–Crippen LogP) is -0.538. The number of carbonyl (C=O) groups excluding carboxylic acids is 3. The monoisotopic (exact) mass is 403 g/mol. The standard InChI is InChI=1S/C19H29N7O3/c1-11(2)15(18(29)25-14(10-27)4-3-9-24-19(22)23)26-17(28)13-7-5-12(6-8-13)16(20)21/h5-8,10-11,14-15H,3-4,9H2,1-2H3,(H3,20,21)(H,25,29)(H,26,28)(H4,22,23,24). The number of nitrogens with zero attached hydrogens (tertiary/aromatic N) is 1. The molecule has 0 spiro atoms. The molecule has 1 rings (SSSR count). The van der Waals surface area contributed by atoms with Crippen LogP contribution in [0.2, 0.25) is 0 Å². The molecule has 0 bridgehead atoms. The van der Waals surface area contributed by atoms with Gasteiger partial charge in [0, 0.05) is 17.7 Å². The molecule has 9 N–H and O–H groups in total. The topological polar surface area (TPSA) is 190 Å². The lowest BCUT2D eigenvalue weighted by atomic mass is 10.0. The zero-order chi connectivity index (χ0) is 22.0. The first-order chi connectivity index (χ1) is 13.6. The molecule has 2 amide bonds. The molecule has 0 aliphatic rings. The van der Waals surface area contributed by atoms with E-state index in [0.717, 1.165) is 0 Å². The Kier molecular flexibility index (Phi) is 9.30. The number of benzene rings is 1. The fraction of sp³-hybridized carbons (Fsp3) is 0.421. The van der Waals surface area contributed by atoms with Crippen LogP contribution >= 0.6 is 0 Å². The van der Waals surface area contributed by atoms with Gasteiger partial charge in [0.1, 0.15) is 18.2 Å². The highest BCUT2D eigenvalue weighted by atomic mass is 16.2. The number of hydrogen-bond donors (Lipinski definition) is 6. The van der Waals surface area contributed by atoms with Crippen molar-refractivity contribution in [2.24, 2.45) is 28.1 Å². The van der Waals surface area contributed by atoms with Crippen molar-refractivity contribution in [3.63, 3.8) is 0 Å². The van der Waals surface area contributed by atoms with Crippen LogP contribution in [0.25, 0.3) is 0 Å². The second-order valence-corrected chi connectivity index (χ2v) is 6.89. The molecule has 0 heterocycles. The average Bonchev–Trinajstić information content (AvgIpc) is 2.67. The summed E-state index contributed by atoms with van der Waals surface area (Å²) in [4.78, 5) is 40.2. The van der Waals surface area contributed by atoms with Gasteiger partial charge in [-0.1, -0.05) is 26.0 Å². The minimum atomic E-state index is -0.824. The summed E-state index contributed by atoms with van der Waals surface area (Å²) in [6, 6.07) is 4.64. The van der Waals surface area contributed by atoms with Gasteiger partial charge in [-0.2, -0.15) is 0 Å². The molecule has 10 heteroatoms. The van der Waals surface area contributed by atoms with Crippen molar-refractivity contribution in [3.05, 3.63) is 35.4 Å². The molecule has 0 fully saturated rings. The summed E-state index contributed by atoms with van der Waals surface area (Å²) in [6.07, 6.45) is 1.53. The molecular weight excluding hydrogens is 374 g/mol. The van der Waals surface area contributed by atoms with Crippen LogP contribution in [-0.4, -0.2) is 48.5 Å². The average molecular weight is 403 g/mol. The number of guanidine groups is 1. The van der Waals surface area contributed by atoms with E-state index in [1.165, 1.54) is 12.1 Å². The van der Waals surface area contributed by atoms with Crippen molar-refractivity contribution in [1.82, 2.24) is 10.6 Å². The van der Waals surface area contributed by atoms with Crippen molar-refractivity contribution in [2.75, 3.05) is 6.54 Å². The minimum Gasteiger partial charge on any atom is -0.384 e. The summed E-state index contributed by atoms with van der Waals surface area (Å²) in [5, 5.41) is 12.7. The number of amidine groups is 1. The van der Waals surface area contributed by atoms with E-state index in [1.54, 1.807) is 26.0 Å². The first-order valence-electron chi connectivity index (χ1n) is 9.22. The van der Waals surface area contributed by atoms with E-state index in [4.69, 9.17) is 22.6 Å². The molecule has 1 aromatic carbocycles. The number of amides is 2. The van der Waals surface area contributed by atoms with Gasteiger partial charge < -0.3 is 32.6 Å². The Hall–Kier alpha value is -3.43. The quantitative estimate of drug-likeness (QED) is 0.124. The maximum Gasteiger partial charge on any atom is 0.251 e. The lowest BCUT2D eigenvalue weighted by molar-refractivity contribution is -0.126. The lowest BCUT2D eigenvalue weighted by Gasteiger charge is -2.23. The Balaban J connectivity index is 2.73. The summed E-state index contributed by atoms with van der Waals surface area (Å²) < 4.78 is 0. The van der Waals surface area contributed by atoms with Crippen molar-refractivity contribution in [1.29, 1.82) is 5.41 Å². The third-order valence-electron chi connectivity index (χ3n) is 4.15. The van der Waals surface area contributed by atoms with Gasteiger partial charge in [-0.15, -0.1) is 0 Å². The Morgan fingerprint density at radius 1 is 1.10 bits per heavy atom. The number of hydrogen-bond acceptors (Lipinski definition) is 5. The summed E-state index contributed by atoms with van der Waals surface area (Å²) in [5.41, 5.74) is 16.7. The maximum absolute atomic E-state index is 12.6. The largest absolute Gasteiger partial charge is 0.384 e. The highest BCUT2D eigenvalue weighted by Gasteiger charge is 2.26. The van der Waals surface area contributed by atoms with Gasteiger partial charge in [-0.3, -0.25) is 20.0 Å². The number of carbonyl (C=O) groups is 3. The van der Waals surface area contributed by atoms with E-state index in [2.05, 4.69) is 15.6 Å². The molecule has 0 saturated carbocycles. The molecule has 0 aliphatic carbocycles. The first kappa shape index (κ1) is 23.6. The van der Waals surface area contributed by atoms with Crippen molar-refractivity contribution in [3.8, 4) is 0 Å². The normalized spacial score (nSPS) is 12.5. The number of nitrogens with two attached hydrogens (primary N) is 3. The molecule has 2 atom stereocenters. The molecule has 0 radical (unpaired) electrons. The Labute approximate surface area is 169 Å². The fourth-order valence-corrected chi connectivity index (χ4v) is 2.53. The van der Waals surface area contributed by atoms with E-state index in [0.29, 0.717) is 36.8 Å². The number of rotatable bonds is 11. The molecule has 29 heavy (non-hydrogen) atoms. The second-order valence-electron chi connectivity index (χ2n) is 6.89. The van der Waals surface area contributed by atoms with E-state index in [9.17, 15) is 14.4 Å². The van der Waals surface area contributed by atoms with Gasteiger partial charge >= 0.3 is 0 Å². The lowest BCUT2D eigenvalue weighted by Crippen LogP contribution is -2.52. The molecule has 0 aliphatic heterocycles. The van der Waals surface area contributed by atoms with Crippen LogP contribution < -0.4 is 27.8 Å². The molecule has 0 saturated heterocycles. The van der Waals surface area contributed by atoms with Crippen molar-refractivity contribution in [2.45, 2.75) is 38.8 Å². The second kappa shape index (κ2) is 11.4. The molecule has 1 aromatic rings. The molecule has 10 nitrogen and oxygen atoms in total. The SMILES string of the molecule is CC(C)C(NC(=O)c1ccc(C(=N)N)cc1)C(=O)NC(C=O)CCCN=C(N)N. The van der Waals surface area contributed by atoms with Crippen LogP contribution in [-0.2, 0) is 9.59 Å². The van der Waals surface area contributed by atoms with Gasteiger partial charge in [-0.25, -0.2) is 0 Å². The zero-order valence-electron chi connectivity index (χ0n) is 16.6. The van der Waals surface area contributed by atoms with Crippen LogP contribution in [0.4, 0.5) is 0 Å². The first-order valence-corrected chi connectivity index (χ1v) is 9.22. The highest BCUT2D eigenvalue weighted by molar-refractivity contribution is 6.00. The van der Waals surface area contributed by atoms with Gasteiger partial charge in [0.25, 0.3) is 5.91 Å². The number of aldehydes is 1. The highest BCUT2D eigenvalue weighted by Crippen LogP contribution is 2.08. The third kappa shape index (κ3) is 7.99. The number of nitrogens with one attached hydrogen (secondary N) is 3. The smallest absolute Gasteiger partial charge is 0.251 e. The van der Waals surface area contributed by atoms with Crippen LogP contribution in [0.3, 0.4) is 0 Å². The predicted molar refractivity (Wildman–Crippen MR) is 111 cm³/mol. The Morgan fingerprint density at radius 2 is 1.69 bits per heavy atom. The Bertz CT molecular complexity index is 756. The van der Waals surface area contributed by atoms with E-state index >= 15 is 0 Å². The van der Waals surface area contributed by atoms with Crippen LogP contribution in [0.5, 0.6) is 0 Å². The summed E-state index contributed by atoms with van der Waals surface area (Å²) in [7, 11) is 0. The summed E-state index contributed by atoms with van der Waals surface area (Å²) in [6.45, 7) is 3.93. The third-order valence-corrected chi connectivity index (χ3v) is 4.15. The van der Waals surface area contributed by atoms with E-state index in [1.807, 2.05) is 0 Å². The van der Waals surface area contributed by atoms with E-state index < -0.39 is 23.9 Å². The van der Waals surface area contributed by atoms with Crippen LogP contribution in [0, 0.1) is 11.3 Å². The van der Waals surface area contributed by atoms with Gasteiger partial charge in [0.05, 0.1) is 6.04 Å². The van der Waals surface area contributed by atoms with E-state index in [-0.39, 0.29) is 17.7 Å². The number of aliphatic imine (C=N–C) groups is 1. The fourth-order valence-electron chi connectivity index (χ4n) is 2.53. The number of nitrogen functional groups attached to an aromatic ring is 1. The molecule has 158 valence electrons.